The molecule has 0 amide bonds. The van der Waals surface area contributed by atoms with Gasteiger partial charge in [0.05, 0.1) is 5.69 Å². The van der Waals surface area contributed by atoms with Crippen molar-refractivity contribution in [1.29, 1.82) is 0 Å². The maximum Gasteiger partial charge on any atom is 0.516 e. The summed E-state index contributed by atoms with van der Waals surface area (Å²) in [4.78, 5) is 22.0. The number of hydrogen-bond donors (Lipinski definition) is 1. The van der Waals surface area contributed by atoms with Crippen LogP contribution in [0.4, 0.5) is 42.1 Å². The van der Waals surface area contributed by atoms with Gasteiger partial charge in [-0.05, 0) is 42.5 Å². The molecular formula is C22H23F3N8O2S2. The van der Waals surface area contributed by atoms with Crippen molar-refractivity contribution in [3.63, 3.8) is 0 Å². The summed E-state index contributed by atoms with van der Waals surface area (Å²) in [6, 6.07) is 8.18. The molecule has 1 N–H and O–H groups in total. The van der Waals surface area contributed by atoms with E-state index in [4.69, 9.17) is 0 Å². The van der Waals surface area contributed by atoms with E-state index >= 15 is 0 Å². The minimum atomic E-state index is -5.44. The molecule has 0 unspecified atom stereocenters. The lowest BCUT2D eigenvalue weighted by molar-refractivity contribution is -0.0437. The summed E-state index contributed by atoms with van der Waals surface area (Å²) < 4.78 is 63.4. The second kappa shape index (κ2) is 9.85. The molecule has 3 aromatic rings. The van der Waals surface area contributed by atoms with E-state index in [-0.39, 0.29) is 18.7 Å². The molecule has 2 aromatic heterocycles. The second-order valence-corrected chi connectivity index (χ2v) is 11.0. The molecule has 5 rings (SSSR count). The Morgan fingerprint density at radius 3 is 2.35 bits per heavy atom. The summed E-state index contributed by atoms with van der Waals surface area (Å²) in [5.74, 6) is 1.97. The Morgan fingerprint density at radius 2 is 1.68 bits per heavy atom. The first-order valence-corrected chi connectivity index (χ1v) is 14.0. The van der Waals surface area contributed by atoms with Gasteiger partial charge in [0.25, 0.3) is 0 Å². The zero-order valence-corrected chi connectivity index (χ0v) is 21.3. The van der Waals surface area contributed by atoms with Crippen molar-refractivity contribution in [3.8, 4) is 0 Å². The van der Waals surface area contributed by atoms with Gasteiger partial charge in [0.1, 0.15) is 11.6 Å². The average molecular weight is 553 g/mol. The SMILES string of the molecule is CSc1nc(Nc2ccc3c(c2)CCN3S(=O)(=O)C(F)(F)F)cc(N2CCN(c3ncccn3)CC2)n1. The number of rotatable bonds is 6. The van der Waals surface area contributed by atoms with Crippen LogP contribution in [0, 0.1) is 0 Å². The Labute approximate surface area is 216 Å². The van der Waals surface area contributed by atoms with Gasteiger partial charge in [0.15, 0.2) is 5.16 Å². The minimum absolute atomic E-state index is 0.0383. The molecule has 2 aliphatic rings. The first kappa shape index (κ1) is 25.3. The lowest BCUT2D eigenvalue weighted by Gasteiger charge is -2.35. The van der Waals surface area contributed by atoms with Crippen LogP contribution in [0.3, 0.4) is 0 Å². The molecule has 0 saturated carbocycles. The monoisotopic (exact) mass is 552 g/mol. The highest BCUT2D eigenvalue weighted by Crippen LogP contribution is 2.38. The Kier molecular flexibility index (Phi) is 6.74. The lowest BCUT2D eigenvalue weighted by Crippen LogP contribution is -2.47. The van der Waals surface area contributed by atoms with E-state index in [9.17, 15) is 21.6 Å². The minimum Gasteiger partial charge on any atom is -0.353 e. The number of halogens is 3. The predicted molar refractivity (Wildman–Crippen MR) is 136 cm³/mol. The van der Waals surface area contributed by atoms with E-state index in [1.165, 1.54) is 17.8 Å². The lowest BCUT2D eigenvalue weighted by atomic mass is 10.1. The fourth-order valence-electron chi connectivity index (χ4n) is 4.29. The van der Waals surface area contributed by atoms with Crippen LogP contribution in [-0.2, 0) is 16.4 Å². The van der Waals surface area contributed by atoms with Gasteiger partial charge in [-0.25, -0.2) is 19.9 Å². The first-order chi connectivity index (χ1) is 17.7. The van der Waals surface area contributed by atoms with E-state index < -0.39 is 15.5 Å². The Hall–Kier alpha value is -3.33. The number of nitrogens with one attached hydrogen (secondary N) is 1. The van der Waals surface area contributed by atoms with Gasteiger partial charge in [-0.3, -0.25) is 4.31 Å². The average Bonchev–Trinajstić information content (AvgIpc) is 3.32. The van der Waals surface area contributed by atoms with Gasteiger partial charge in [-0.2, -0.15) is 21.6 Å². The van der Waals surface area contributed by atoms with Crippen LogP contribution < -0.4 is 19.4 Å². The molecule has 1 saturated heterocycles. The molecule has 0 radical (unpaired) electrons. The van der Waals surface area contributed by atoms with E-state index in [1.54, 1.807) is 30.6 Å². The topological polar surface area (TPSA) is 107 Å². The number of anilines is 5. The molecule has 1 fully saturated rings. The van der Waals surface area contributed by atoms with Gasteiger partial charge in [0.2, 0.25) is 5.95 Å². The molecule has 10 nitrogen and oxygen atoms in total. The third-order valence-electron chi connectivity index (χ3n) is 6.10. The molecule has 1 aromatic carbocycles. The summed E-state index contributed by atoms with van der Waals surface area (Å²) in [5, 5.41) is 3.76. The quantitative estimate of drug-likeness (QED) is 0.362. The number of sulfonamides is 1. The van der Waals surface area contributed by atoms with E-state index in [0.717, 1.165) is 18.9 Å². The molecule has 0 atom stereocenters. The Balaban J connectivity index is 1.33. The van der Waals surface area contributed by atoms with E-state index in [0.29, 0.717) is 45.6 Å². The van der Waals surface area contributed by atoms with Crippen molar-refractivity contribution in [3.05, 3.63) is 48.3 Å². The summed E-state index contributed by atoms with van der Waals surface area (Å²) in [6.45, 7) is 2.63. The summed E-state index contributed by atoms with van der Waals surface area (Å²) in [6.07, 6.45) is 5.49. The van der Waals surface area contributed by atoms with Crippen LogP contribution in [0.1, 0.15) is 5.56 Å². The van der Waals surface area contributed by atoms with Crippen LogP contribution in [0.25, 0.3) is 0 Å². The van der Waals surface area contributed by atoms with Crippen molar-refractivity contribution in [2.24, 2.45) is 0 Å². The largest absolute Gasteiger partial charge is 0.516 e. The maximum absolute atomic E-state index is 13.0. The molecule has 4 heterocycles. The molecule has 0 spiro atoms. The highest BCUT2D eigenvalue weighted by atomic mass is 32.2. The van der Waals surface area contributed by atoms with Gasteiger partial charge >= 0.3 is 15.5 Å². The highest BCUT2D eigenvalue weighted by Gasteiger charge is 2.51. The molecule has 37 heavy (non-hydrogen) atoms. The summed E-state index contributed by atoms with van der Waals surface area (Å²) in [7, 11) is -5.44. The highest BCUT2D eigenvalue weighted by molar-refractivity contribution is 7.98. The van der Waals surface area contributed by atoms with Crippen LogP contribution in [0.15, 0.2) is 47.9 Å². The van der Waals surface area contributed by atoms with Gasteiger partial charge in [-0.1, -0.05) is 11.8 Å². The van der Waals surface area contributed by atoms with Crippen molar-refractivity contribution in [2.75, 3.05) is 58.4 Å². The smallest absolute Gasteiger partial charge is 0.353 e. The predicted octanol–water partition coefficient (Wildman–Crippen LogP) is 3.27. The second-order valence-electron chi connectivity index (χ2n) is 8.36. The standard InChI is InChI=1S/C22H23F3N8O2S2/c1-36-21-29-18(14-19(30-21)31-9-11-32(12-10-31)20-26-6-2-7-27-20)28-16-3-4-17-15(13-16)5-8-33(17)37(34,35)22(23,24)25/h2-4,6-7,13-14H,5,8-12H2,1H3,(H,28,29,30). The Bertz CT molecular complexity index is 1380. The number of thioether (sulfide) groups is 1. The molecule has 15 heteroatoms. The number of benzene rings is 1. The zero-order valence-electron chi connectivity index (χ0n) is 19.7. The molecule has 0 aliphatic carbocycles. The molecular weight excluding hydrogens is 529 g/mol. The van der Waals surface area contributed by atoms with E-state index in [2.05, 4.69) is 35.1 Å². The van der Waals surface area contributed by atoms with Crippen LogP contribution in [-0.4, -0.2) is 72.8 Å². The van der Waals surface area contributed by atoms with Crippen molar-refractivity contribution < 1.29 is 21.6 Å². The number of fused-ring (bicyclic) bond motifs is 1. The van der Waals surface area contributed by atoms with Gasteiger partial charge in [-0.15, -0.1) is 0 Å². The number of alkyl halides is 3. The number of nitrogens with zero attached hydrogens (tertiary/aromatic N) is 7. The Morgan fingerprint density at radius 1 is 0.973 bits per heavy atom. The van der Waals surface area contributed by atoms with Gasteiger partial charge in [0, 0.05) is 56.9 Å². The third kappa shape index (κ3) is 5.09. The van der Waals surface area contributed by atoms with Crippen LogP contribution >= 0.6 is 11.8 Å². The van der Waals surface area contributed by atoms with Crippen molar-refractivity contribution in [2.45, 2.75) is 17.1 Å². The number of piperazine rings is 1. The van der Waals surface area contributed by atoms with E-state index in [1.807, 2.05) is 12.3 Å². The fraction of sp³-hybridized carbons (Fsp3) is 0.364. The summed E-state index contributed by atoms with van der Waals surface area (Å²) >= 11 is 1.40. The number of hydrogen-bond acceptors (Lipinski definition) is 10. The van der Waals surface area contributed by atoms with Gasteiger partial charge < -0.3 is 15.1 Å². The fourth-order valence-corrected chi connectivity index (χ4v) is 5.69. The molecule has 2 aliphatic heterocycles. The molecule has 0 bridgehead atoms. The number of aromatic nitrogens is 4. The third-order valence-corrected chi connectivity index (χ3v) is 8.19. The molecule has 196 valence electrons. The summed E-state index contributed by atoms with van der Waals surface area (Å²) in [5.41, 5.74) is -4.21. The van der Waals surface area contributed by atoms with Crippen LogP contribution in [0.2, 0.25) is 0 Å². The zero-order chi connectivity index (χ0) is 26.2. The van der Waals surface area contributed by atoms with Crippen LogP contribution in [0.5, 0.6) is 0 Å². The normalized spacial score (nSPS) is 16.2. The first-order valence-electron chi connectivity index (χ1n) is 11.3. The van der Waals surface area contributed by atoms with Crippen molar-refractivity contribution in [1.82, 2.24) is 19.9 Å². The maximum atomic E-state index is 13.0. The van der Waals surface area contributed by atoms with Crippen molar-refractivity contribution >= 4 is 50.7 Å².